The predicted molar refractivity (Wildman–Crippen MR) is 127 cm³/mol. The molecule has 0 spiro atoms. The van der Waals surface area contributed by atoms with Crippen LogP contribution in [0.5, 0.6) is 11.5 Å². The zero-order chi connectivity index (χ0) is 23.9. The number of benzene rings is 3. The van der Waals surface area contributed by atoms with Crippen molar-refractivity contribution in [2.24, 2.45) is 0 Å². The smallest absolute Gasteiger partial charge is 0.352 e. The topological polar surface area (TPSA) is 72.8 Å². The van der Waals surface area contributed by atoms with Crippen LogP contribution in [0.2, 0.25) is 0 Å². The van der Waals surface area contributed by atoms with Crippen LogP contribution in [0.15, 0.2) is 66.7 Å². The van der Waals surface area contributed by atoms with Gasteiger partial charge in [0.15, 0.2) is 5.78 Å². The number of aliphatic carboxylic acids is 1. The molecule has 6 heteroatoms. The number of aryl methyl sites for hydroxylation is 1. The lowest BCUT2D eigenvalue weighted by molar-refractivity contribution is -0.150. The van der Waals surface area contributed by atoms with Crippen molar-refractivity contribution in [2.75, 3.05) is 6.61 Å². The number of rotatable bonds is 9. The summed E-state index contributed by atoms with van der Waals surface area (Å²) < 4.78 is 24.3. The summed E-state index contributed by atoms with van der Waals surface area (Å²) in [4.78, 5) is 23.3. The van der Waals surface area contributed by atoms with Gasteiger partial charge in [0.1, 0.15) is 17.3 Å². The number of halogens is 1. The number of carboxylic acid groups (broad SMARTS) is 1. The van der Waals surface area contributed by atoms with Gasteiger partial charge < -0.3 is 14.6 Å². The zero-order valence-corrected chi connectivity index (χ0v) is 18.6. The first kappa shape index (κ1) is 23.2. The molecule has 0 aromatic heterocycles. The Morgan fingerprint density at radius 3 is 2.53 bits per heavy atom. The molecule has 0 fully saturated rings. The Morgan fingerprint density at radius 2 is 1.79 bits per heavy atom. The van der Waals surface area contributed by atoms with Gasteiger partial charge in [-0.1, -0.05) is 54.6 Å². The molecule has 0 saturated heterocycles. The molecule has 0 aliphatic carbocycles. The summed E-state index contributed by atoms with van der Waals surface area (Å²) in [6.45, 7) is 0.604. The Labute approximate surface area is 197 Å². The van der Waals surface area contributed by atoms with Crippen LogP contribution >= 0.6 is 0 Å². The molecule has 1 aliphatic rings. The van der Waals surface area contributed by atoms with E-state index in [1.165, 1.54) is 12.1 Å². The number of hydrogen-bond donors (Lipinski definition) is 1. The number of unbranched alkanes of at least 4 members (excludes halogenated alkanes) is 1. The van der Waals surface area contributed by atoms with Crippen molar-refractivity contribution in [2.45, 2.75) is 31.8 Å². The van der Waals surface area contributed by atoms with E-state index in [-0.39, 0.29) is 12.2 Å². The van der Waals surface area contributed by atoms with Crippen LogP contribution in [0.3, 0.4) is 0 Å². The summed E-state index contributed by atoms with van der Waals surface area (Å²) in [6, 6.07) is 19.7. The third-order valence-electron chi connectivity index (χ3n) is 5.62. The van der Waals surface area contributed by atoms with Crippen molar-refractivity contribution in [1.82, 2.24) is 0 Å². The Balaban J connectivity index is 1.30. The van der Waals surface area contributed by atoms with Crippen LogP contribution in [0, 0.1) is 5.82 Å². The molecule has 3 aromatic rings. The maximum atomic E-state index is 12.9. The van der Waals surface area contributed by atoms with Crippen LogP contribution < -0.4 is 9.47 Å². The number of carbonyl (C=O) groups excluding carboxylic acids is 1. The molecule has 4 rings (SSSR count). The van der Waals surface area contributed by atoms with Crippen molar-refractivity contribution in [3.63, 3.8) is 0 Å². The van der Waals surface area contributed by atoms with Gasteiger partial charge in [-0.3, -0.25) is 4.79 Å². The molecule has 5 nitrogen and oxygen atoms in total. The summed E-state index contributed by atoms with van der Waals surface area (Å²) in [5.41, 5.74) is 3.47. The fraction of sp³-hybridized carbons (Fsp3) is 0.214. The minimum absolute atomic E-state index is 0.0456. The number of ketones is 1. The van der Waals surface area contributed by atoms with Gasteiger partial charge in [-0.2, -0.15) is 0 Å². The number of fused-ring (bicyclic) bond motifs is 1. The number of ether oxygens (including phenoxy) is 2. The summed E-state index contributed by atoms with van der Waals surface area (Å²) in [7, 11) is 0. The molecule has 174 valence electrons. The molecule has 0 bridgehead atoms. The number of carboxylic acids is 1. The predicted octanol–water partition coefficient (Wildman–Crippen LogP) is 5.36. The summed E-state index contributed by atoms with van der Waals surface area (Å²) >= 11 is 0. The molecule has 0 radical (unpaired) electrons. The number of para-hydroxylation sites is 1. The average Bonchev–Trinajstić information content (AvgIpc) is 2.83. The van der Waals surface area contributed by atoms with Crippen LogP contribution in [0.4, 0.5) is 4.39 Å². The first-order valence-corrected chi connectivity index (χ1v) is 11.2. The van der Waals surface area contributed by atoms with E-state index in [1.54, 1.807) is 6.07 Å². The molecular weight excluding hydrogens is 435 g/mol. The largest absolute Gasteiger partial charge is 0.494 e. The van der Waals surface area contributed by atoms with E-state index in [9.17, 15) is 19.1 Å². The van der Waals surface area contributed by atoms with Crippen LogP contribution in [-0.4, -0.2) is 29.6 Å². The average molecular weight is 461 g/mol. The van der Waals surface area contributed by atoms with E-state index in [0.717, 1.165) is 41.7 Å². The number of Topliss-reactive ketones (excluding diaryl/α,β-unsaturated/α-hetero) is 1. The molecule has 0 saturated carbocycles. The van der Waals surface area contributed by atoms with Crippen molar-refractivity contribution in [3.05, 3.63) is 94.8 Å². The highest BCUT2D eigenvalue weighted by Gasteiger charge is 2.34. The van der Waals surface area contributed by atoms with Gasteiger partial charge >= 0.3 is 5.97 Å². The van der Waals surface area contributed by atoms with Crippen LogP contribution in [-0.2, 0) is 22.4 Å². The first-order valence-electron chi connectivity index (χ1n) is 11.2. The SMILES string of the molecule is O=C(O)C1Oc2c(C=Cc3ccc(OCCCCc4ccc(F)cc4)cc3)cccc2CC1=O. The van der Waals surface area contributed by atoms with Gasteiger partial charge in [-0.05, 0) is 54.7 Å². The Kier molecular flexibility index (Phi) is 7.38. The highest BCUT2D eigenvalue weighted by Crippen LogP contribution is 2.31. The van der Waals surface area contributed by atoms with Crippen LogP contribution in [0.25, 0.3) is 12.2 Å². The van der Waals surface area contributed by atoms with Gasteiger partial charge in [0.2, 0.25) is 0 Å². The Morgan fingerprint density at radius 1 is 1.03 bits per heavy atom. The Bertz CT molecular complexity index is 1180. The van der Waals surface area contributed by atoms with Crippen molar-refractivity contribution >= 4 is 23.9 Å². The standard InChI is InChI=1S/C28H25FO5/c29-23-13-8-19(9-14-23)4-1-2-17-33-24-15-10-20(11-16-24)7-12-21-5-3-6-22-18-25(30)27(28(31)32)34-26(21)22/h3,5-16,27H,1-2,4,17-18H2,(H,31,32). The maximum absolute atomic E-state index is 12.9. The second kappa shape index (κ2) is 10.8. The molecule has 1 unspecified atom stereocenters. The van der Waals surface area contributed by atoms with Gasteiger partial charge in [0, 0.05) is 17.5 Å². The monoisotopic (exact) mass is 460 g/mol. The second-order valence-electron chi connectivity index (χ2n) is 8.15. The van der Waals surface area contributed by atoms with E-state index < -0.39 is 17.9 Å². The van der Waals surface area contributed by atoms with E-state index in [2.05, 4.69) is 0 Å². The maximum Gasteiger partial charge on any atom is 0.352 e. The number of carbonyl (C=O) groups is 2. The molecule has 3 aromatic carbocycles. The Hall–Kier alpha value is -3.93. The lowest BCUT2D eigenvalue weighted by atomic mass is 9.97. The fourth-order valence-electron chi connectivity index (χ4n) is 3.80. The minimum atomic E-state index is -1.46. The normalized spacial score (nSPS) is 15.1. The number of hydrogen-bond acceptors (Lipinski definition) is 4. The van der Waals surface area contributed by atoms with Gasteiger partial charge in [-0.15, -0.1) is 0 Å². The highest BCUT2D eigenvalue weighted by atomic mass is 19.1. The van der Waals surface area contributed by atoms with Gasteiger partial charge in [0.25, 0.3) is 6.10 Å². The van der Waals surface area contributed by atoms with Gasteiger partial charge in [-0.25, -0.2) is 9.18 Å². The first-order chi connectivity index (χ1) is 16.5. The third-order valence-corrected chi connectivity index (χ3v) is 5.62. The second-order valence-corrected chi connectivity index (χ2v) is 8.15. The van der Waals surface area contributed by atoms with E-state index in [4.69, 9.17) is 9.47 Å². The van der Waals surface area contributed by atoms with Crippen LogP contribution in [0.1, 0.15) is 35.1 Å². The van der Waals surface area contributed by atoms with E-state index in [0.29, 0.717) is 17.9 Å². The molecule has 1 atom stereocenters. The molecular formula is C28H25FO5. The summed E-state index contributed by atoms with van der Waals surface area (Å²) in [6.07, 6.45) is 5.08. The lowest BCUT2D eigenvalue weighted by Crippen LogP contribution is -2.40. The van der Waals surface area contributed by atoms with Crippen molar-refractivity contribution in [1.29, 1.82) is 0 Å². The lowest BCUT2D eigenvalue weighted by Gasteiger charge is -2.23. The highest BCUT2D eigenvalue weighted by molar-refractivity contribution is 6.04. The minimum Gasteiger partial charge on any atom is -0.494 e. The summed E-state index contributed by atoms with van der Waals surface area (Å²) in [5, 5.41) is 9.22. The fourth-order valence-corrected chi connectivity index (χ4v) is 3.80. The molecule has 0 amide bonds. The van der Waals surface area contributed by atoms with E-state index >= 15 is 0 Å². The molecule has 1 N–H and O–H groups in total. The molecule has 1 aliphatic heterocycles. The van der Waals surface area contributed by atoms with Gasteiger partial charge in [0.05, 0.1) is 6.61 Å². The third kappa shape index (κ3) is 5.90. The molecule has 34 heavy (non-hydrogen) atoms. The van der Waals surface area contributed by atoms with Crippen molar-refractivity contribution < 1.29 is 28.6 Å². The molecule has 1 heterocycles. The zero-order valence-electron chi connectivity index (χ0n) is 18.6. The quantitative estimate of drug-likeness (QED) is 0.265. The van der Waals surface area contributed by atoms with E-state index in [1.807, 2.05) is 60.7 Å². The van der Waals surface area contributed by atoms with Crippen molar-refractivity contribution in [3.8, 4) is 11.5 Å². The summed E-state index contributed by atoms with van der Waals surface area (Å²) in [5.74, 6) is -0.730.